The van der Waals surface area contributed by atoms with Gasteiger partial charge in [0.25, 0.3) is 5.69 Å². The number of ether oxygens (including phenoxy) is 1. The zero-order valence-corrected chi connectivity index (χ0v) is 9.75. The van der Waals surface area contributed by atoms with E-state index in [2.05, 4.69) is 9.73 Å². The quantitative estimate of drug-likeness (QED) is 0.265. The lowest BCUT2D eigenvalue weighted by molar-refractivity contribution is -0.385. The highest BCUT2D eigenvalue weighted by atomic mass is 16.6. The third kappa shape index (κ3) is 2.76. The summed E-state index contributed by atoms with van der Waals surface area (Å²) in [5.41, 5.74) is 0.219. The Kier molecular flexibility index (Phi) is 4.25. The van der Waals surface area contributed by atoms with Gasteiger partial charge in [0.05, 0.1) is 29.5 Å². The average Bonchev–Trinajstić information content (AvgIpc) is 2.34. The number of nitrogens with zero attached hydrogens (tertiary/aromatic N) is 2. The zero-order chi connectivity index (χ0) is 13.7. The Morgan fingerprint density at radius 1 is 1.50 bits per heavy atom. The van der Waals surface area contributed by atoms with Crippen LogP contribution in [0.5, 0.6) is 0 Å². The Balaban J connectivity index is 3.46. The first kappa shape index (κ1) is 13.5. The van der Waals surface area contributed by atoms with Gasteiger partial charge in [-0.1, -0.05) is 0 Å². The van der Waals surface area contributed by atoms with Gasteiger partial charge in [-0.2, -0.15) is 0 Å². The number of esters is 1. The molecule has 0 radical (unpaired) electrons. The Labute approximate surface area is 102 Å². The summed E-state index contributed by atoms with van der Waals surface area (Å²) in [6.45, 7) is 1.51. The number of aldehydes is 1. The van der Waals surface area contributed by atoms with Crippen LogP contribution in [0.3, 0.4) is 0 Å². The van der Waals surface area contributed by atoms with Crippen molar-refractivity contribution in [2.45, 2.75) is 6.92 Å². The maximum Gasteiger partial charge on any atom is 0.340 e. The van der Waals surface area contributed by atoms with Gasteiger partial charge >= 0.3 is 5.97 Å². The molecule has 0 unspecified atom stereocenters. The fraction of sp³-hybridized carbons (Fsp3) is 0.182. The highest BCUT2D eigenvalue weighted by Gasteiger charge is 2.19. The molecule has 0 aliphatic rings. The summed E-state index contributed by atoms with van der Waals surface area (Å²) < 4.78 is 4.51. The summed E-state index contributed by atoms with van der Waals surface area (Å²) in [5, 5.41) is 10.8. The number of benzene rings is 1. The van der Waals surface area contributed by atoms with Crippen molar-refractivity contribution in [2.75, 3.05) is 7.11 Å². The van der Waals surface area contributed by atoms with Crippen molar-refractivity contribution >= 4 is 29.8 Å². The van der Waals surface area contributed by atoms with E-state index in [0.717, 1.165) is 19.4 Å². The van der Waals surface area contributed by atoms with Crippen LogP contribution in [-0.4, -0.2) is 30.5 Å². The fourth-order valence-electron chi connectivity index (χ4n) is 1.37. The van der Waals surface area contributed by atoms with E-state index in [1.807, 2.05) is 0 Å². The van der Waals surface area contributed by atoms with Crippen LogP contribution in [0.15, 0.2) is 17.1 Å². The van der Waals surface area contributed by atoms with Crippen molar-refractivity contribution in [3.05, 3.63) is 33.4 Å². The molecule has 0 amide bonds. The van der Waals surface area contributed by atoms with Gasteiger partial charge < -0.3 is 4.74 Å². The normalized spacial score (nSPS) is 10.3. The third-order valence-electron chi connectivity index (χ3n) is 2.19. The zero-order valence-electron chi connectivity index (χ0n) is 9.75. The van der Waals surface area contributed by atoms with Crippen molar-refractivity contribution < 1.29 is 19.2 Å². The number of rotatable bonds is 4. The minimum absolute atomic E-state index is 0.0621. The maximum absolute atomic E-state index is 11.5. The topological polar surface area (TPSA) is 98.9 Å². The highest BCUT2D eigenvalue weighted by molar-refractivity contribution is 6.14. The van der Waals surface area contributed by atoms with Crippen molar-refractivity contribution in [3.63, 3.8) is 0 Å². The lowest BCUT2D eigenvalue weighted by Crippen LogP contribution is -2.04. The van der Waals surface area contributed by atoms with Crippen molar-refractivity contribution in [1.82, 2.24) is 0 Å². The van der Waals surface area contributed by atoms with E-state index < -0.39 is 10.9 Å². The number of carbonyl (C=O) groups excluding carboxylic acids is 2. The monoisotopic (exact) mass is 250 g/mol. The number of aliphatic imine (C=N–C) groups is 1. The number of carbonyl (C=O) groups is 2. The largest absolute Gasteiger partial charge is 0.465 e. The van der Waals surface area contributed by atoms with Crippen LogP contribution in [0.1, 0.15) is 15.9 Å². The third-order valence-corrected chi connectivity index (χ3v) is 2.19. The summed E-state index contributed by atoms with van der Waals surface area (Å²) in [5.74, 6) is -0.754. The molecule has 0 saturated carbocycles. The molecule has 94 valence electrons. The van der Waals surface area contributed by atoms with E-state index in [1.165, 1.54) is 13.0 Å². The predicted molar refractivity (Wildman–Crippen MR) is 63.4 cm³/mol. The van der Waals surface area contributed by atoms with Crippen LogP contribution >= 0.6 is 0 Å². The molecule has 0 spiro atoms. The van der Waals surface area contributed by atoms with Crippen LogP contribution in [0.4, 0.5) is 11.4 Å². The second kappa shape index (κ2) is 5.67. The first-order valence-electron chi connectivity index (χ1n) is 4.86. The van der Waals surface area contributed by atoms with Crippen molar-refractivity contribution in [3.8, 4) is 0 Å². The van der Waals surface area contributed by atoms with E-state index >= 15 is 0 Å². The molecule has 0 N–H and O–H groups in total. The number of methoxy groups -OCH3 is 1. The molecular formula is C11H10N2O5. The lowest BCUT2D eigenvalue weighted by Gasteiger charge is -2.05. The Morgan fingerprint density at radius 3 is 2.67 bits per heavy atom. The molecule has 0 saturated heterocycles. The molecule has 0 aliphatic carbocycles. The van der Waals surface area contributed by atoms with Gasteiger partial charge in [0, 0.05) is 11.6 Å². The molecule has 18 heavy (non-hydrogen) atoms. The Bertz CT molecular complexity index is 536. The van der Waals surface area contributed by atoms with E-state index in [0.29, 0.717) is 11.8 Å². The molecule has 0 aromatic heterocycles. The van der Waals surface area contributed by atoms with Gasteiger partial charge in [0.1, 0.15) is 0 Å². The summed E-state index contributed by atoms with van der Waals surface area (Å²) in [6, 6.07) is 2.43. The molecule has 7 nitrogen and oxygen atoms in total. The molecule has 0 bridgehead atoms. The van der Waals surface area contributed by atoms with E-state index in [1.54, 1.807) is 0 Å². The number of nitro benzene ring substituents is 1. The highest BCUT2D eigenvalue weighted by Crippen LogP contribution is 2.28. The van der Waals surface area contributed by atoms with Gasteiger partial charge in [-0.3, -0.25) is 19.9 Å². The predicted octanol–water partition coefficient (Wildman–Crippen LogP) is 1.59. The van der Waals surface area contributed by atoms with Gasteiger partial charge in [0.15, 0.2) is 6.29 Å². The molecule has 1 aromatic carbocycles. The molecular weight excluding hydrogens is 240 g/mol. The molecule has 7 heteroatoms. The first-order valence-corrected chi connectivity index (χ1v) is 4.86. The molecule has 1 rings (SSSR count). The van der Waals surface area contributed by atoms with Crippen LogP contribution < -0.4 is 0 Å². The molecule has 0 atom stereocenters. The fourth-order valence-corrected chi connectivity index (χ4v) is 1.37. The smallest absolute Gasteiger partial charge is 0.340 e. The average molecular weight is 250 g/mol. The second-order valence-electron chi connectivity index (χ2n) is 3.32. The van der Waals surface area contributed by atoms with E-state index in [4.69, 9.17) is 0 Å². The Hall–Kier alpha value is -2.57. The Morgan fingerprint density at radius 2 is 2.17 bits per heavy atom. The van der Waals surface area contributed by atoms with Gasteiger partial charge in [0.2, 0.25) is 0 Å². The lowest BCUT2D eigenvalue weighted by atomic mass is 10.1. The first-order chi connectivity index (χ1) is 8.51. The summed E-state index contributed by atoms with van der Waals surface area (Å²) in [7, 11) is 1.15. The molecule has 0 heterocycles. The molecule has 1 aromatic rings. The van der Waals surface area contributed by atoms with Crippen LogP contribution in [-0.2, 0) is 9.53 Å². The SMILES string of the molecule is COC(=O)c1cc([N+](=O)[O-])c(C)cc1N=CC=O. The summed E-state index contributed by atoms with van der Waals surface area (Å²) in [4.78, 5) is 35.6. The maximum atomic E-state index is 11.5. The number of hydrogen-bond acceptors (Lipinski definition) is 6. The van der Waals surface area contributed by atoms with Crippen molar-refractivity contribution in [2.24, 2.45) is 4.99 Å². The van der Waals surface area contributed by atoms with Crippen LogP contribution in [0.2, 0.25) is 0 Å². The van der Waals surface area contributed by atoms with Gasteiger partial charge in [-0.25, -0.2) is 4.79 Å². The van der Waals surface area contributed by atoms with E-state index in [-0.39, 0.29) is 16.9 Å². The summed E-state index contributed by atoms with van der Waals surface area (Å²) in [6.07, 6.45) is 1.39. The minimum atomic E-state index is -0.754. The minimum Gasteiger partial charge on any atom is -0.465 e. The second-order valence-corrected chi connectivity index (χ2v) is 3.32. The summed E-state index contributed by atoms with van der Waals surface area (Å²) >= 11 is 0. The molecule has 0 fully saturated rings. The van der Waals surface area contributed by atoms with Gasteiger partial charge in [-0.15, -0.1) is 0 Å². The number of nitro groups is 1. The van der Waals surface area contributed by atoms with Crippen LogP contribution in [0.25, 0.3) is 0 Å². The standard InChI is InChI=1S/C11H10N2O5/c1-7-5-9(12-3-4-14)8(11(15)18-2)6-10(7)13(16)17/h3-6H,1-2H3. The molecule has 0 aliphatic heterocycles. The van der Waals surface area contributed by atoms with Crippen LogP contribution in [0, 0.1) is 17.0 Å². The number of hydrogen-bond donors (Lipinski definition) is 0. The van der Waals surface area contributed by atoms with Crippen molar-refractivity contribution in [1.29, 1.82) is 0 Å². The van der Waals surface area contributed by atoms with Gasteiger partial charge in [-0.05, 0) is 13.0 Å². The number of aryl methyl sites for hydroxylation is 1. The van der Waals surface area contributed by atoms with E-state index in [9.17, 15) is 19.7 Å².